The highest BCUT2D eigenvalue weighted by Crippen LogP contribution is 2.38. The van der Waals surface area contributed by atoms with E-state index in [2.05, 4.69) is 5.32 Å². The zero-order valence-corrected chi connectivity index (χ0v) is 17.0. The average Bonchev–Trinajstić information content (AvgIpc) is 2.72. The third-order valence-corrected chi connectivity index (χ3v) is 4.11. The number of para-hydroxylation sites is 2. The minimum Gasteiger partial charge on any atom is -0.493 e. The number of hydrogen-bond acceptors (Lipinski definition) is 8. The summed E-state index contributed by atoms with van der Waals surface area (Å²) in [6.45, 7) is 1.37. The van der Waals surface area contributed by atoms with Gasteiger partial charge in [0.25, 0.3) is 11.6 Å². The summed E-state index contributed by atoms with van der Waals surface area (Å²) >= 11 is 0. The number of carbonyl (C=O) groups excluding carboxylic acids is 2. The summed E-state index contributed by atoms with van der Waals surface area (Å²) in [7, 11) is 4.37. The van der Waals surface area contributed by atoms with E-state index in [9.17, 15) is 19.7 Å². The predicted octanol–water partition coefficient (Wildman–Crippen LogP) is 2.73. The molecule has 0 aromatic heterocycles. The van der Waals surface area contributed by atoms with Crippen LogP contribution in [-0.4, -0.2) is 44.2 Å². The molecular formula is C20H22N2O8. The van der Waals surface area contributed by atoms with Crippen molar-refractivity contribution in [1.82, 2.24) is 0 Å². The van der Waals surface area contributed by atoms with Crippen LogP contribution in [0.25, 0.3) is 0 Å². The molecule has 1 N–H and O–H groups in total. The van der Waals surface area contributed by atoms with Gasteiger partial charge in [0.2, 0.25) is 5.75 Å². The number of benzene rings is 2. The number of amides is 1. The largest absolute Gasteiger partial charge is 0.493 e. The number of esters is 1. The van der Waals surface area contributed by atoms with Crippen LogP contribution in [0.4, 0.5) is 11.4 Å². The smallest absolute Gasteiger partial charge is 0.311 e. The van der Waals surface area contributed by atoms with Gasteiger partial charge in [0.05, 0.1) is 32.7 Å². The number of nitrogens with one attached hydrogen (secondary N) is 1. The van der Waals surface area contributed by atoms with E-state index >= 15 is 0 Å². The summed E-state index contributed by atoms with van der Waals surface area (Å²) in [5.74, 6) is -0.227. The lowest BCUT2D eigenvalue weighted by Crippen LogP contribution is -2.30. The molecule has 0 aliphatic rings. The van der Waals surface area contributed by atoms with Crippen LogP contribution >= 0.6 is 0 Å². The molecule has 0 bridgehead atoms. The van der Waals surface area contributed by atoms with E-state index in [0.717, 1.165) is 0 Å². The molecule has 1 amide bonds. The van der Waals surface area contributed by atoms with Crippen molar-refractivity contribution in [3.63, 3.8) is 0 Å². The van der Waals surface area contributed by atoms with Crippen LogP contribution in [0.5, 0.6) is 17.2 Å². The van der Waals surface area contributed by atoms with Crippen LogP contribution in [0.1, 0.15) is 12.5 Å². The zero-order valence-electron chi connectivity index (χ0n) is 17.0. The number of methoxy groups -OCH3 is 3. The van der Waals surface area contributed by atoms with Gasteiger partial charge in [-0.2, -0.15) is 0 Å². The number of hydrogen-bond donors (Lipinski definition) is 1. The molecule has 2 rings (SSSR count). The molecule has 0 radical (unpaired) electrons. The molecule has 1 atom stereocenters. The monoisotopic (exact) mass is 418 g/mol. The number of rotatable bonds is 9. The molecule has 10 nitrogen and oxygen atoms in total. The lowest BCUT2D eigenvalue weighted by Gasteiger charge is -2.15. The van der Waals surface area contributed by atoms with Crippen molar-refractivity contribution in [2.24, 2.45) is 0 Å². The van der Waals surface area contributed by atoms with Crippen LogP contribution in [-0.2, 0) is 20.7 Å². The van der Waals surface area contributed by atoms with Crippen LogP contribution in [0.15, 0.2) is 36.4 Å². The maximum Gasteiger partial charge on any atom is 0.311 e. The first-order chi connectivity index (χ1) is 14.3. The fourth-order valence-electron chi connectivity index (χ4n) is 2.67. The number of nitro groups is 1. The maximum atomic E-state index is 12.3. The van der Waals surface area contributed by atoms with E-state index in [1.165, 1.54) is 46.5 Å². The van der Waals surface area contributed by atoms with Gasteiger partial charge in [-0.15, -0.1) is 0 Å². The summed E-state index contributed by atoms with van der Waals surface area (Å²) in [4.78, 5) is 35.0. The molecule has 2 aromatic carbocycles. The van der Waals surface area contributed by atoms with E-state index < -0.39 is 22.9 Å². The van der Waals surface area contributed by atoms with Gasteiger partial charge in [0.15, 0.2) is 17.6 Å². The van der Waals surface area contributed by atoms with Gasteiger partial charge in [0, 0.05) is 6.07 Å². The Morgan fingerprint density at radius 2 is 1.67 bits per heavy atom. The molecule has 0 spiro atoms. The summed E-state index contributed by atoms with van der Waals surface area (Å²) < 4.78 is 20.9. The van der Waals surface area contributed by atoms with E-state index in [1.807, 2.05) is 0 Å². The molecule has 0 unspecified atom stereocenters. The van der Waals surface area contributed by atoms with E-state index in [-0.39, 0.29) is 17.8 Å². The Balaban J connectivity index is 2.06. The molecule has 10 heteroatoms. The lowest BCUT2D eigenvalue weighted by molar-refractivity contribution is -0.383. The highest BCUT2D eigenvalue weighted by molar-refractivity contribution is 5.97. The predicted molar refractivity (Wildman–Crippen MR) is 107 cm³/mol. The fraction of sp³-hybridized carbons (Fsp3) is 0.300. The van der Waals surface area contributed by atoms with Crippen LogP contribution < -0.4 is 19.5 Å². The van der Waals surface area contributed by atoms with Crippen LogP contribution in [0.3, 0.4) is 0 Å². The van der Waals surface area contributed by atoms with E-state index in [4.69, 9.17) is 18.9 Å². The summed E-state index contributed by atoms with van der Waals surface area (Å²) in [5.41, 5.74) is 0.280. The molecule has 0 heterocycles. The maximum absolute atomic E-state index is 12.3. The molecule has 0 aliphatic carbocycles. The van der Waals surface area contributed by atoms with Crippen molar-refractivity contribution in [1.29, 1.82) is 0 Å². The first-order valence-corrected chi connectivity index (χ1v) is 8.83. The van der Waals surface area contributed by atoms with Gasteiger partial charge in [-0.05, 0) is 30.7 Å². The lowest BCUT2D eigenvalue weighted by atomic mass is 10.1. The van der Waals surface area contributed by atoms with Crippen molar-refractivity contribution in [2.75, 3.05) is 26.6 Å². The Hall–Kier alpha value is -3.82. The molecular weight excluding hydrogens is 396 g/mol. The Bertz CT molecular complexity index is 919. The van der Waals surface area contributed by atoms with Gasteiger partial charge in [-0.3, -0.25) is 19.7 Å². The quantitative estimate of drug-likeness (QED) is 0.374. The second kappa shape index (κ2) is 10.1. The van der Waals surface area contributed by atoms with Gasteiger partial charge in [-0.25, -0.2) is 0 Å². The molecule has 0 aliphatic heterocycles. The molecule has 0 saturated carbocycles. The Morgan fingerprint density at radius 3 is 2.20 bits per heavy atom. The Labute approximate surface area is 172 Å². The number of ether oxygens (including phenoxy) is 4. The molecule has 160 valence electrons. The standard InChI is InChI=1S/C20H22N2O8/c1-12(20(24)21-14-7-5-6-8-15(14)22(25)26)30-18(23)11-13-9-16(27-2)19(29-4)17(10-13)28-3/h5-10,12H,11H2,1-4H3,(H,21,24)/t12-/m0/s1. The van der Waals surface area contributed by atoms with Crippen LogP contribution in [0, 0.1) is 10.1 Å². The zero-order chi connectivity index (χ0) is 22.3. The topological polar surface area (TPSA) is 126 Å². The highest BCUT2D eigenvalue weighted by atomic mass is 16.6. The van der Waals surface area contributed by atoms with Crippen molar-refractivity contribution >= 4 is 23.3 Å². The van der Waals surface area contributed by atoms with Crippen molar-refractivity contribution < 1.29 is 33.5 Å². The Morgan fingerprint density at radius 1 is 1.07 bits per heavy atom. The second-order valence-corrected chi connectivity index (χ2v) is 6.11. The van der Waals surface area contributed by atoms with Crippen molar-refractivity contribution in [3.05, 3.63) is 52.1 Å². The van der Waals surface area contributed by atoms with Gasteiger partial charge >= 0.3 is 5.97 Å². The number of anilines is 1. The minimum absolute atomic E-state index is 0.0139. The van der Waals surface area contributed by atoms with Gasteiger partial charge in [0.1, 0.15) is 5.69 Å². The van der Waals surface area contributed by atoms with E-state index in [0.29, 0.717) is 22.8 Å². The van der Waals surface area contributed by atoms with E-state index in [1.54, 1.807) is 18.2 Å². The van der Waals surface area contributed by atoms with Gasteiger partial charge < -0.3 is 24.3 Å². The Kier molecular flexibility index (Phi) is 7.56. The number of carbonyl (C=O) groups is 2. The minimum atomic E-state index is -1.17. The first kappa shape index (κ1) is 22.5. The summed E-state index contributed by atoms with van der Waals surface area (Å²) in [6, 6.07) is 8.87. The molecule has 0 saturated heterocycles. The normalized spacial score (nSPS) is 11.2. The third-order valence-electron chi connectivity index (χ3n) is 4.11. The molecule has 30 heavy (non-hydrogen) atoms. The SMILES string of the molecule is COc1cc(CC(=O)O[C@@H](C)C(=O)Nc2ccccc2[N+](=O)[O-])cc(OC)c1OC. The summed E-state index contributed by atoms with van der Waals surface area (Å²) in [6.07, 6.45) is -1.32. The van der Waals surface area contributed by atoms with Gasteiger partial charge in [-0.1, -0.05) is 12.1 Å². The second-order valence-electron chi connectivity index (χ2n) is 6.11. The van der Waals surface area contributed by atoms with Crippen molar-refractivity contribution in [2.45, 2.75) is 19.4 Å². The highest BCUT2D eigenvalue weighted by Gasteiger charge is 2.22. The fourth-order valence-corrected chi connectivity index (χ4v) is 2.67. The average molecular weight is 418 g/mol. The third kappa shape index (κ3) is 5.37. The molecule has 0 fully saturated rings. The van der Waals surface area contributed by atoms with Crippen molar-refractivity contribution in [3.8, 4) is 17.2 Å². The number of nitro benzene ring substituents is 1. The molecule has 2 aromatic rings. The summed E-state index contributed by atoms with van der Waals surface area (Å²) in [5, 5.41) is 13.4. The first-order valence-electron chi connectivity index (χ1n) is 8.83. The van der Waals surface area contributed by atoms with Crippen LogP contribution in [0.2, 0.25) is 0 Å². The number of nitrogens with zero attached hydrogens (tertiary/aromatic N) is 1.